The van der Waals surface area contributed by atoms with Crippen LogP contribution in [0.1, 0.15) is 5.56 Å². The van der Waals surface area contributed by atoms with E-state index in [1.807, 2.05) is 0 Å². The largest absolute Gasteiger partial charge is 0.507 e. The number of aromatic hydroxyl groups is 1. The van der Waals surface area contributed by atoms with Gasteiger partial charge in [-0.15, -0.1) is 0 Å². The van der Waals surface area contributed by atoms with E-state index < -0.39 is 29.3 Å². The molecule has 0 amide bonds. The third kappa shape index (κ3) is 2.28. The Hall–Kier alpha value is -1.99. The van der Waals surface area contributed by atoms with Gasteiger partial charge in [0.15, 0.2) is 0 Å². The standard InChI is InChI=1S/C13H7F7O/c14-11(15,12(16,17)13(18,19)20)8-5-4-7-2-1-3-10(21)9(7)6-8/h1-6,21H. The van der Waals surface area contributed by atoms with Crippen LogP contribution in [0.2, 0.25) is 0 Å². The molecule has 1 N–H and O–H groups in total. The number of phenolic OH excluding ortho intramolecular Hbond substituents is 1. The Morgan fingerprint density at radius 2 is 1.43 bits per heavy atom. The molecular weight excluding hydrogens is 305 g/mol. The summed E-state index contributed by atoms with van der Waals surface area (Å²) in [5, 5.41) is 9.45. The quantitative estimate of drug-likeness (QED) is 0.787. The van der Waals surface area contributed by atoms with Gasteiger partial charge in [-0.25, -0.2) is 0 Å². The van der Waals surface area contributed by atoms with E-state index in [1.54, 1.807) is 0 Å². The molecule has 114 valence electrons. The van der Waals surface area contributed by atoms with Crippen molar-refractivity contribution in [2.75, 3.05) is 0 Å². The number of hydrogen-bond donors (Lipinski definition) is 1. The highest BCUT2D eigenvalue weighted by molar-refractivity contribution is 5.88. The fraction of sp³-hybridized carbons (Fsp3) is 0.231. The van der Waals surface area contributed by atoms with Gasteiger partial charge in [0, 0.05) is 10.9 Å². The van der Waals surface area contributed by atoms with E-state index in [9.17, 15) is 35.8 Å². The van der Waals surface area contributed by atoms with Crippen LogP contribution in [0.4, 0.5) is 30.7 Å². The first-order valence-electron chi connectivity index (χ1n) is 5.53. The monoisotopic (exact) mass is 312 g/mol. The first-order chi connectivity index (χ1) is 9.48. The number of halogens is 7. The Kier molecular flexibility index (Phi) is 3.30. The van der Waals surface area contributed by atoms with Crippen LogP contribution < -0.4 is 0 Å². The predicted octanol–water partition coefficient (Wildman–Crippen LogP) is 4.83. The summed E-state index contributed by atoms with van der Waals surface area (Å²) in [4.78, 5) is 0. The summed E-state index contributed by atoms with van der Waals surface area (Å²) in [6, 6.07) is 5.70. The zero-order chi connectivity index (χ0) is 16.1. The first-order valence-corrected chi connectivity index (χ1v) is 5.53. The fourth-order valence-electron chi connectivity index (χ4n) is 1.81. The second-order valence-corrected chi connectivity index (χ2v) is 4.36. The summed E-state index contributed by atoms with van der Waals surface area (Å²) >= 11 is 0. The third-order valence-electron chi connectivity index (χ3n) is 2.97. The number of hydrogen-bond acceptors (Lipinski definition) is 1. The highest BCUT2D eigenvalue weighted by Crippen LogP contribution is 2.52. The van der Waals surface area contributed by atoms with Crippen LogP contribution in [0.15, 0.2) is 36.4 Å². The molecule has 0 spiro atoms. The normalized spacial score (nSPS) is 13.7. The van der Waals surface area contributed by atoms with Crippen molar-refractivity contribution in [3.8, 4) is 5.75 Å². The molecule has 0 aliphatic heterocycles. The molecule has 0 aliphatic rings. The minimum Gasteiger partial charge on any atom is -0.507 e. The lowest BCUT2D eigenvalue weighted by molar-refractivity contribution is -0.359. The van der Waals surface area contributed by atoms with E-state index in [4.69, 9.17) is 0 Å². The van der Waals surface area contributed by atoms with Crippen molar-refractivity contribution in [2.45, 2.75) is 18.0 Å². The van der Waals surface area contributed by atoms with Crippen LogP contribution in [-0.2, 0) is 5.92 Å². The van der Waals surface area contributed by atoms with E-state index in [0.29, 0.717) is 12.1 Å². The summed E-state index contributed by atoms with van der Waals surface area (Å²) in [7, 11) is 0. The molecule has 2 rings (SSSR count). The molecule has 0 aromatic heterocycles. The minimum atomic E-state index is -6.40. The van der Waals surface area contributed by atoms with Gasteiger partial charge in [0.1, 0.15) is 5.75 Å². The van der Waals surface area contributed by atoms with Crippen LogP contribution in [0.25, 0.3) is 10.8 Å². The number of fused-ring (bicyclic) bond motifs is 1. The van der Waals surface area contributed by atoms with Gasteiger partial charge in [-0.05, 0) is 17.5 Å². The Morgan fingerprint density at radius 1 is 0.810 bits per heavy atom. The lowest BCUT2D eigenvalue weighted by Gasteiger charge is -2.28. The van der Waals surface area contributed by atoms with Gasteiger partial charge >= 0.3 is 18.0 Å². The predicted molar refractivity (Wildman–Crippen MR) is 60.5 cm³/mol. The van der Waals surface area contributed by atoms with Crippen LogP contribution in [0.3, 0.4) is 0 Å². The Balaban J connectivity index is 2.63. The fourth-order valence-corrected chi connectivity index (χ4v) is 1.81. The lowest BCUT2D eigenvalue weighted by Crippen LogP contribution is -2.50. The maximum absolute atomic E-state index is 13.5. The molecule has 2 aromatic carbocycles. The van der Waals surface area contributed by atoms with Crippen LogP contribution in [-0.4, -0.2) is 17.2 Å². The molecule has 21 heavy (non-hydrogen) atoms. The molecule has 0 saturated carbocycles. The van der Waals surface area contributed by atoms with Crippen LogP contribution in [0, 0.1) is 0 Å². The van der Waals surface area contributed by atoms with Crippen molar-refractivity contribution in [3.63, 3.8) is 0 Å². The second-order valence-electron chi connectivity index (χ2n) is 4.36. The van der Waals surface area contributed by atoms with E-state index in [1.165, 1.54) is 12.1 Å². The van der Waals surface area contributed by atoms with Gasteiger partial charge in [0.2, 0.25) is 0 Å². The molecule has 8 heteroatoms. The minimum absolute atomic E-state index is 0.227. The molecule has 2 aromatic rings. The van der Waals surface area contributed by atoms with Gasteiger partial charge in [-0.1, -0.05) is 24.3 Å². The second kappa shape index (κ2) is 4.51. The molecule has 0 fully saturated rings. The van der Waals surface area contributed by atoms with E-state index in [0.717, 1.165) is 12.1 Å². The van der Waals surface area contributed by atoms with Gasteiger partial charge in [0.05, 0.1) is 0 Å². The van der Waals surface area contributed by atoms with Gasteiger partial charge in [-0.2, -0.15) is 30.7 Å². The Bertz CT molecular complexity index is 676. The highest BCUT2D eigenvalue weighted by atomic mass is 19.4. The van der Waals surface area contributed by atoms with Gasteiger partial charge < -0.3 is 5.11 Å². The highest BCUT2D eigenvalue weighted by Gasteiger charge is 2.73. The zero-order valence-electron chi connectivity index (χ0n) is 10.1. The van der Waals surface area contributed by atoms with Crippen molar-refractivity contribution in [2.24, 2.45) is 0 Å². The summed E-state index contributed by atoms with van der Waals surface area (Å²) in [6.07, 6.45) is -6.40. The van der Waals surface area contributed by atoms with Crippen molar-refractivity contribution >= 4 is 10.8 Å². The summed E-state index contributed by atoms with van der Waals surface area (Å²) in [5.41, 5.74) is -1.53. The zero-order valence-corrected chi connectivity index (χ0v) is 10.1. The molecule has 0 atom stereocenters. The summed E-state index contributed by atoms with van der Waals surface area (Å²) < 4.78 is 89.4. The number of phenols is 1. The molecule has 0 heterocycles. The number of benzene rings is 2. The van der Waals surface area contributed by atoms with Crippen LogP contribution >= 0.6 is 0 Å². The average Bonchev–Trinajstić information content (AvgIpc) is 2.37. The summed E-state index contributed by atoms with van der Waals surface area (Å²) in [5.74, 6) is -12.2. The van der Waals surface area contributed by atoms with E-state index in [2.05, 4.69) is 0 Å². The van der Waals surface area contributed by atoms with Crippen LogP contribution in [0.5, 0.6) is 5.75 Å². The topological polar surface area (TPSA) is 20.2 Å². The van der Waals surface area contributed by atoms with Gasteiger partial charge in [-0.3, -0.25) is 0 Å². The van der Waals surface area contributed by atoms with Crippen molar-refractivity contribution in [3.05, 3.63) is 42.0 Å². The molecule has 0 bridgehead atoms. The lowest BCUT2D eigenvalue weighted by atomic mass is 9.98. The number of alkyl halides is 7. The Labute approximate surface area is 113 Å². The Morgan fingerprint density at radius 3 is 2.00 bits per heavy atom. The van der Waals surface area contributed by atoms with Crippen molar-refractivity contribution in [1.82, 2.24) is 0 Å². The van der Waals surface area contributed by atoms with E-state index >= 15 is 0 Å². The summed E-state index contributed by atoms with van der Waals surface area (Å²) in [6.45, 7) is 0. The van der Waals surface area contributed by atoms with Gasteiger partial charge in [0.25, 0.3) is 0 Å². The van der Waals surface area contributed by atoms with Crippen molar-refractivity contribution < 1.29 is 35.8 Å². The molecule has 1 nitrogen and oxygen atoms in total. The third-order valence-corrected chi connectivity index (χ3v) is 2.97. The molecule has 0 aliphatic carbocycles. The average molecular weight is 312 g/mol. The SMILES string of the molecule is Oc1cccc2ccc(C(F)(F)C(F)(F)C(F)(F)F)cc12. The maximum atomic E-state index is 13.5. The first kappa shape index (κ1) is 15.4. The number of rotatable bonds is 2. The maximum Gasteiger partial charge on any atom is 0.460 e. The molecular formula is C13H7F7O. The molecule has 0 unspecified atom stereocenters. The van der Waals surface area contributed by atoms with Crippen molar-refractivity contribution in [1.29, 1.82) is 0 Å². The smallest absolute Gasteiger partial charge is 0.460 e. The molecule has 0 saturated heterocycles. The van der Waals surface area contributed by atoms with E-state index in [-0.39, 0.29) is 10.8 Å². The molecule has 0 radical (unpaired) electrons.